The Morgan fingerprint density at radius 2 is 1.73 bits per heavy atom. The predicted molar refractivity (Wildman–Crippen MR) is 150 cm³/mol. The Bertz CT molecular complexity index is 1350. The number of ketones is 3. The number of carbonyl (C=O) groups is 3. The van der Waals surface area contributed by atoms with Crippen LogP contribution in [0.1, 0.15) is 62.1 Å². The second kappa shape index (κ2) is 10.0. The van der Waals surface area contributed by atoms with E-state index in [-0.39, 0.29) is 23.3 Å². The van der Waals surface area contributed by atoms with Crippen molar-refractivity contribution < 1.29 is 34.8 Å². The van der Waals surface area contributed by atoms with Crippen molar-refractivity contribution in [1.29, 1.82) is 0 Å². The molecule has 0 radical (unpaired) electrons. The molecule has 4 N–H and O–H groups in total. The van der Waals surface area contributed by atoms with Gasteiger partial charge < -0.3 is 25.3 Å². The number of rotatable bonds is 6. The Balaban J connectivity index is 1.67. The Hall–Kier alpha value is -3.17. The normalized spacial score (nSPS) is 28.6. The number of anilines is 1. The molecule has 4 aliphatic rings. The third-order valence-electron chi connectivity index (χ3n) is 9.66. The van der Waals surface area contributed by atoms with Crippen molar-refractivity contribution in [3.63, 3.8) is 0 Å². The number of carbonyl (C=O) groups excluding carboxylic acids is 3. The van der Waals surface area contributed by atoms with E-state index in [4.69, 9.17) is 0 Å². The first kappa shape index (κ1) is 28.4. The summed E-state index contributed by atoms with van der Waals surface area (Å²) in [7, 11) is 7.04. The van der Waals surface area contributed by atoms with Crippen LogP contribution in [-0.4, -0.2) is 82.5 Å². The lowest BCUT2D eigenvalue weighted by Gasteiger charge is -2.50. The molecule has 5 rings (SSSR count). The maximum Gasteiger partial charge on any atom is 0.202 e. The number of hydrogen-bond donors (Lipinski definition) is 4. The molecule has 4 atom stereocenters. The summed E-state index contributed by atoms with van der Waals surface area (Å²) in [5.41, 5.74) is -0.824. The van der Waals surface area contributed by atoms with Crippen LogP contribution in [0.15, 0.2) is 23.0 Å². The van der Waals surface area contributed by atoms with Crippen LogP contribution in [-0.2, 0) is 27.2 Å². The van der Waals surface area contributed by atoms with E-state index < -0.39 is 57.9 Å². The number of aliphatic hydroxyl groups excluding tert-OH is 2. The van der Waals surface area contributed by atoms with Gasteiger partial charge in [0.2, 0.25) is 5.78 Å². The highest BCUT2D eigenvalue weighted by Crippen LogP contribution is 2.54. The van der Waals surface area contributed by atoms with E-state index in [1.807, 2.05) is 25.1 Å². The Labute approximate surface area is 234 Å². The number of aryl methyl sites for hydroxylation is 1. The fourth-order valence-electron chi connectivity index (χ4n) is 7.70. The number of aromatic hydroxyl groups is 1. The first-order valence-corrected chi connectivity index (χ1v) is 14.2. The van der Waals surface area contributed by atoms with Crippen molar-refractivity contribution in [1.82, 2.24) is 4.90 Å². The summed E-state index contributed by atoms with van der Waals surface area (Å²) in [6, 6.07) is 0.941. The molecule has 216 valence electrons. The zero-order valence-electron chi connectivity index (χ0n) is 24.0. The molecule has 2 saturated carbocycles. The molecule has 1 aromatic carbocycles. The van der Waals surface area contributed by atoms with Crippen LogP contribution >= 0.6 is 0 Å². The van der Waals surface area contributed by atoms with Gasteiger partial charge in [-0.05, 0) is 75.7 Å². The molecule has 40 heavy (non-hydrogen) atoms. The van der Waals surface area contributed by atoms with Crippen molar-refractivity contribution in [3.8, 4) is 5.75 Å². The van der Waals surface area contributed by atoms with Crippen LogP contribution in [0, 0.1) is 17.8 Å². The van der Waals surface area contributed by atoms with Gasteiger partial charge in [-0.15, -0.1) is 0 Å². The second-order valence-electron chi connectivity index (χ2n) is 12.5. The number of nitrogens with zero attached hydrogens (tertiary/aromatic N) is 2. The maximum atomic E-state index is 14.1. The number of phenolic OH excluding ortho intramolecular Hbond substituents is 1. The summed E-state index contributed by atoms with van der Waals surface area (Å²) in [5, 5.41) is 46.0. The standard InChI is InChI=1S/C31H40N2O7/c1-15(34)22-28(37)25(33(4)5)20-13-18-12-19-21(32(2)3)14-17(11-10-16-8-6-7-9-16)26(35)24(19)27(36)23(18)30(39)31(20,40)29(22)38/h14,16,18,20,25,35-36,38,40H,6-13H2,1-5H3/t18-,20-,25-,31+/m0/s1. The molecular weight excluding hydrogens is 512 g/mol. The minimum atomic E-state index is -2.55. The van der Waals surface area contributed by atoms with E-state index in [0.29, 0.717) is 29.9 Å². The lowest BCUT2D eigenvalue weighted by Crippen LogP contribution is -2.65. The minimum Gasteiger partial charge on any atom is -0.508 e. The second-order valence-corrected chi connectivity index (χ2v) is 12.5. The quantitative estimate of drug-likeness (QED) is 0.392. The van der Waals surface area contributed by atoms with E-state index in [9.17, 15) is 34.8 Å². The molecule has 9 heteroatoms. The first-order valence-electron chi connectivity index (χ1n) is 14.2. The summed E-state index contributed by atoms with van der Waals surface area (Å²) in [6.45, 7) is 1.11. The van der Waals surface area contributed by atoms with Gasteiger partial charge in [0.05, 0.1) is 11.6 Å². The Morgan fingerprint density at radius 3 is 2.30 bits per heavy atom. The Kier molecular flexibility index (Phi) is 7.11. The van der Waals surface area contributed by atoms with E-state index in [1.54, 1.807) is 19.0 Å². The highest BCUT2D eigenvalue weighted by molar-refractivity contribution is 6.25. The first-order chi connectivity index (χ1) is 18.8. The van der Waals surface area contributed by atoms with Crippen molar-refractivity contribution in [2.45, 2.75) is 69.9 Å². The molecule has 4 aliphatic carbocycles. The average Bonchev–Trinajstić information content (AvgIpc) is 3.39. The number of Topliss-reactive ketones (excluding diaryl/α,β-unsaturated/α-hetero) is 3. The van der Waals surface area contributed by atoms with Gasteiger partial charge in [0.1, 0.15) is 22.8 Å². The van der Waals surface area contributed by atoms with Crippen molar-refractivity contribution >= 4 is 28.8 Å². The van der Waals surface area contributed by atoms with Gasteiger partial charge in [-0.1, -0.05) is 25.7 Å². The Morgan fingerprint density at radius 1 is 1.07 bits per heavy atom. The molecule has 1 aromatic rings. The number of hydrogen-bond acceptors (Lipinski definition) is 9. The lowest BCUT2D eigenvalue weighted by atomic mass is 9.57. The third-order valence-corrected chi connectivity index (χ3v) is 9.66. The molecule has 0 heterocycles. The number of aliphatic hydroxyl groups is 3. The van der Waals surface area contributed by atoms with Crippen LogP contribution in [0.25, 0.3) is 5.76 Å². The lowest BCUT2D eigenvalue weighted by molar-refractivity contribution is -0.153. The van der Waals surface area contributed by atoms with Gasteiger partial charge in [0.15, 0.2) is 17.2 Å². The maximum absolute atomic E-state index is 14.1. The summed E-state index contributed by atoms with van der Waals surface area (Å²) >= 11 is 0. The minimum absolute atomic E-state index is 0.0712. The molecular formula is C31H40N2O7. The monoisotopic (exact) mass is 552 g/mol. The number of benzene rings is 1. The van der Waals surface area contributed by atoms with Crippen molar-refractivity contribution in [2.24, 2.45) is 17.8 Å². The van der Waals surface area contributed by atoms with Gasteiger partial charge in [-0.25, -0.2) is 0 Å². The number of fused-ring (bicyclic) bond motifs is 3. The van der Waals surface area contributed by atoms with Gasteiger partial charge in [0, 0.05) is 31.3 Å². The molecule has 0 aliphatic heterocycles. The molecule has 0 amide bonds. The number of likely N-dealkylation sites (N-methyl/N-ethyl adjacent to an activating group) is 1. The summed E-state index contributed by atoms with van der Waals surface area (Å²) in [5.74, 6) is -4.75. The smallest absolute Gasteiger partial charge is 0.202 e. The van der Waals surface area contributed by atoms with Crippen molar-refractivity contribution in [2.75, 3.05) is 33.1 Å². The van der Waals surface area contributed by atoms with E-state index >= 15 is 0 Å². The largest absolute Gasteiger partial charge is 0.508 e. The summed E-state index contributed by atoms with van der Waals surface area (Å²) in [6.07, 6.45) is 6.76. The number of phenols is 1. The van der Waals surface area contributed by atoms with Crippen molar-refractivity contribution in [3.05, 3.63) is 39.7 Å². The summed E-state index contributed by atoms with van der Waals surface area (Å²) < 4.78 is 0. The van der Waals surface area contributed by atoms with Gasteiger partial charge in [-0.2, -0.15) is 0 Å². The van der Waals surface area contributed by atoms with Crippen LogP contribution in [0.3, 0.4) is 0 Å². The highest BCUT2D eigenvalue weighted by atomic mass is 16.3. The topological polar surface area (TPSA) is 139 Å². The molecule has 2 fully saturated rings. The fraction of sp³-hybridized carbons (Fsp3) is 0.581. The molecule has 0 aromatic heterocycles. The van der Waals surface area contributed by atoms with Gasteiger partial charge >= 0.3 is 0 Å². The predicted octanol–water partition coefficient (Wildman–Crippen LogP) is 3.26. The van der Waals surface area contributed by atoms with Gasteiger partial charge in [0.25, 0.3) is 0 Å². The van der Waals surface area contributed by atoms with Crippen LogP contribution in [0.4, 0.5) is 5.69 Å². The van der Waals surface area contributed by atoms with E-state index in [0.717, 1.165) is 19.0 Å². The SMILES string of the molecule is CC(=O)C1=C(O)[C@@]2(O)C(=O)C3=C(O)c4c(O)c(CCC5CCCC5)cc(N(C)C)c4C[C@H]3C[C@H]2[C@H](N(C)C)C1=O. The zero-order chi connectivity index (χ0) is 29.3. The molecule has 0 bridgehead atoms. The van der Waals surface area contributed by atoms with E-state index in [2.05, 4.69) is 0 Å². The van der Waals surface area contributed by atoms with Crippen LogP contribution in [0.2, 0.25) is 0 Å². The highest BCUT2D eigenvalue weighted by Gasteiger charge is 2.64. The van der Waals surface area contributed by atoms with Gasteiger partial charge in [-0.3, -0.25) is 19.3 Å². The average molecular weight is 553 g/mol. The molecule has 0 saturated heterocycles. The van der Waals surface area contributed by atoms with Crippen LogP contribution in [0.5, 0.6) is 5.75 Å². The molecule has 9 nitrogen and oxygen atoms in total. The summed E-state index contributed by atoms with van der Waals surface area (Å²) in [4.78, 5) is 43.3. The fourth-order valence-corrected chi connectivity index (χ4v) is 7.70. The zero-order valence-corrected chi connectivity index (χ0v) is 24.0. The van der Waals surface area contributed by atoms with E-state index in [1.165, 1.54) is 25.7 Å². The third kappa shape index (κ3) is 4.08. The van der Waals surface area contributed by atoms with Crippen LogP contribution < -0.4 is 4.90 Å². The molecule has 0 unspecified atom stereocenters. The molecule has 0 spiro atoms.